The Labute approximate surface area is 157 Å². The van der Waals surface area contributed by atoms with Gasteiger partial charge >= 0.3 is 0 Å². The number of rotatable bonds is 4. The second kappa shape index (κ2) is 6.76. The van der Waals surface area contributed by atoms with Crippen LogP contribution in [0.5, 0.6) is 0 Å². The molecule has 0 aliphatic heterocycles. The molecule has 0 radical (unpaired) electrons. The molecule has 2 bridgehead atoms. The summed E-state index contributed by atoms with van der Waals surface area (Å²) < 4.78 is 13.4. The number of hydrogen-bond donors (Lipinski definition) is 2. The molecule has 140 valence electrons. The summed E-state index contributed by atoms with van der Waals surface area (Å²) in [5.41, 5.74) is 0.0601. The summed E-state index contributed by atoms with van der Waals surface area (Å²) in [6.45, 7) is 0. The standard InChI is InChI=1S/C21H22FN3O2/c22-16-6-3-5-15(13-16)18(26)24-20-8-4-9-21(14-20,11-10-20)25-19(27)17-7-1-2-12-23-17/h1-3,5-7,12-13H,4,8-11,14H2,(H,24,26)(H,25,27)/t20-,21+/m1/s1. The molecule has 6 heteroatoms. The predicted octanol–water partition coefficient (Wildman–Crippen LogP) is 3.23. The maximum absolute atomic E-state index is 13.4. The number of carbonyl (C=O) groups is 2. The Bertz CT molecular complexity index is 873. The molecular weight excluding hydrogens is 345 g/mol. The minimum atomic E-state index is -0.424. The average Bonchev–Trinajstić information content (AvgIpc) is 2.92. The average molecular weight is 367 g/mol. The molecule has 2 saturated carbocycles. The van der Waals surface area contributed by atoms with Crippen LogP contribution in [0, 0.1) is 5.82 Å². The van der Waals surface area contributed by atoms with Gasteiger partial charge in [0.15, 0.2) is 0 Å². The van der Waals surface area contributed by atoms with Crippen LogP contribution >= 0.6 is 0 Å². The van der Waals surface area contributed by atoms with Gasteiger partial charge in [0.1, 0.15) is 11.5 Å². The Balaban J connectivity index is 1.48. The lowest BCUT2D eigenvalue weighted by molar-refractivity contribution is 0.0829. The third-order valence-electron chi connectivity index (χ3n) is 5.81. The van der Waals surface area contributed by atoms with Gasteiger partial charge in [-0.25, -0.2) is 4.39 Å². The van der Waals surface area contributed by atoms with Gasteiger partial charge in [-0.2, -0.15) is 0 Å². The monoisotopic (exact) mass is 367 g/mol. The molecule has 4 rings (SSSR count). The van der Waals surface area contributed by atoms with E-state index in [-0.39, 0.29) is 22.9 Å². The number of nitrogens with one attached hydrogen (secondary N) is 2. The van der Waals surface area contributed by atoms with E-state index in [1.807, 2.05) is 0 Å². The molecule has 2 amide bonds. The number of aromatic nitrogens is 1. The minimum absolute atomic E-state index is 0.176. The highest BCUT2D eigenvalue weighted by atomic mass is 19.1. The summed E-state index contributed by atoms with van der Waals surface area (Å²) in [6, 6.07) is 11.0. The fraction of sp³-hybridized carbons (Fsp3) is 0.381. The van der Waals surface area contributed by atoms with Crippen LogP contribution in [0.3, 0.4) is 0 Å². The summed E-state index contributed by atoms with van der Waals surface area (Å²) in [7, 11) is 0. The summed E-state index contributed by atoms with van der Waals surface area (Å²) in [5.74, 6) is -0.861. The van der Waals surface area contributed by atoms with Gasteiger partial charge < -0.3 is 10.6 Å². The topological polar surface area (TPSA) is 71.1 Å². The number of nitrogens with zero attached hydrogens (tertiary/aromatic N) is 1. The Morgan fingerprint density at radius 1 is 0.926 bits per heavy atom. The highest BCUT2D eigenvalue weighted by Gasteiger charge is 2.52. The molecule has 2 aliphatic carbocycles. The fourth-order valence-electron chi connectivity index (χ4n) is 4.58. The number of pyridine rings is 1. The smallest absolute Gasteiger partial charge is 0.270 e. The molecule has 0 unspecified atom stereocenters. The zero-order valence-electron chi connectivity index (χ0n) is 15.0. The first-order valence-electron chi connectivity index (χ1n) is 9.31. The van der Waals surface area contributed by atoms with Crippen LogP contribution in [0.1, 0.15) is 59.4 Å². The van der Waals surface area contributed by atoms with E-state index >= 15 is 0 Å². The van der Waals surface area contributed by atoms with Crippen LogP contribution in [0.15, 0.2) is 48.7 Å². The first kappa shape index (κ1) is 17.6. The molecule has 2 atom stereocenters. The van der Waals surface area contributed by atoms with Gasteiger partial charge in [-0.3, -0.25) is 14.6 Å². The van der Waals surface area contributed by atoms with E-state index in [2.05, 4.69) is 15.6 Å². The van der Waals surface area contributed by atoms with Crippen molar-refractivity contribution in [2.24, 2.45) is 0 Å². The molecule has 27 heavy (non-hydrogen) atoms. The third kappa shape index (κ3) is 3.56. The highest BCUT2D eigenvalue weighted by Crippen LogP contribution is 2.48. The lowest BCUT2D eigenvalue weighted by atomic mass is 9.78. The van der Waals surface area contributed by atoms with Gasteiger partial charge in [0.2, 0.25) is 0 Å². The second-order valence-corrected chi connectivity index (χ2v) is 7.72. The van der Waals surface area contributed by atoms with Gasteiger partial charge in [0.25, 0.3) is 11.8 Å². The van der Waals surface area contributed by atoms with Crippen molar-refractivity contribution in [2.75, 3.05) is 0 Å². The van der Waals surface area contributed by atoms with Crippen LogP contribution < -0.4 is 10.6 Å². The van der Waals surface area contributed by atoms with E-state index in [0.717, 1.165) is 32.1 Å². The largest absolute Gasteiger partial charge is 0.347 e. The molecule has 2 aromatic rings. The van der Waals surface area contributed by atoms with E-state index in [1.165, 1.54) is 18.2 Å². The van der Waals surface area contributed by atoms with Crippen LogP contribution in [-0.4, -0.2) is 27.9 Å². The van der Waals surface area contributed by atoms with E-state index in [0.29, 0.717) is 17.7 Å². The van der Waals surface area contributed by atoms with E-state index in [9.17, 15) is 14.0 Å². The molecule has 5 nitrogen and oxygen atoms in total. The molecule has 2 N–H and O–H groups in total. The van der Waals surface area contributed by atoms with Crippen LogP contribution in [0.2, 0.25) is 0 Å². The Morgan fingerprint density at radius 2 is 1.67 bits per heavy atom. The van der Waals surface area contributed by atoms with E-state index in [1.54, 1.807) is 30.5 Å². The summed E-state index contributed by atoms with van der Waals surface area (Å²) in [6.07, 6.45) is 6.60. The second-order valence-electron chi connectivity index (χ2n) is 7.72. The third-order valence-corrected chi connectivity index (χ3v) is 5.81. The molecule has 0 spiro atoms. The van der Waals surface area contributed by atoms with Crippen molar-refractivity contribution in [3.63, 3.8) is 0 Å². The number of amides is 2. The number of halogens is 1. The molecule has 1 heterocycles. The van der Waals surface area contributed by atoms with E-state index < -0.39 is 5.82 Å². The predicted molar refractivity (Wildman–Crippen MR) is 98.7 cm³/mol. The molecule has 1 aromatic carbocycles. The Morgan fingerprint density at radius 3 is 2.33 bits per heavy atom. The van der Waals surface area contributed by atoms with Gasteiger partial charge in [0, 0.05) is 22.8 Å². The SMILES string of the molecule is O=C(N[C@]12CCC[C@](NC(=O)c3ccccn3)(CC1)C2)c1cccc(F)c1. The van der Waals surface area contributed by atoms with Crippen LogP contribution in [-0.2, 0) is 0 Å². The van der Waals surface area contributed by atoms with Crippen LogP contribution in [0.25, 0.3) is 0 Å². The van der Waals surface area contributed by atoms with Crippen molar-refractivity contribution in [1.82, 2.24) is 15.6 Å². The van der Waals surface area contributed by atoms with E-state index in [4.69, 9.17) is 0 Å². The lowest BCUT2D eigenvalue weighted by Crippen LogP contribution is -2.55. The highest BCUT2D eigenvalue weighted by molar-refractivity contribution is 5.95. The molecule has 2 fully saturated rings. The lowest BCUT2D eigenvalue weighted by Gasteiger charge is -2.40. The number of carbonyl (C=O) groups excluding carboxylic acids is 2. The van der Waals surface area contributed by atoms with Gasteiger partial charge in [-0.05, 0) is 68.9 Å². The fourth-order valence-corrected chi connectivity index (χ4v) is 4.58. The van der Waals surface area contributed by atoms with Crippen molar-refractivity contribution in [1.29, 1.82) is 0 Å². The minimum Gasteiger partial charge on any atom is -0.347 e. The Hall–Kier alpha value is -2.76. The first-order chi connectivity index (χ1) is 13.0. The Kier molecular flexibility index (Phi) is 4.42. The van der Waals surface area contributed by atoms with Crippen molar-refractivity contribution >= 4 is 11.8 Å². The van der Waals surface area contributed by atoms with Crippen molar-refractivity contribution in [3.8, 4) is 0 Å². The number of benzene rings is 1. The molecule has 2 aliphatic rings. The zero-order valence-corrected chi connectivity index (χ0v) is 15.0. The van der Waals surface area contributed by atoms with Crippen LogP contribution in [0.4, 0.5) is 4.39 Å². The maximum atomic E-state index is 13.4. The summed E-state index contributed by atoms with van der Waals surface area (Å²) in [5, 5.41) is 6.31. The molecular formula is C21H22FN3O2. The first-order valence-corrected chi connectivity index (χ1v) is 9.31. The van der Waals surface area contributed by atoms with Gasteiger partial charge in [-0.15, -0.1) is 0 Å². The van der Waals surface area contributed by atoms with Crippen molar-refractivity contribution < 1.29 is 14.0 Å². The number of hydrogen-bond acceptors (Lipinski definition) is 3. The molecule has 0 saturated heterocycles. The summed E-state index contributed by atoms with van der Waals surface area (Å²) >= 11 is 0. The van der Waals surface area contributed by atoms with Gasteiger partial charge in [0.05, 0.1) is 0 Å². The number of fused-ring (bicyclic) bond motifs is 2. The molecule has 1 aromatic heterocycles. The van der Waals surface area contributed by atoms with Crippen molar-refractivity contribution in [3.05, 3.63) is 65.7 Å². The van der Waals surface area contributed by atoms with Crippen molar-refractivity contribution in [2.45, 2.75) is 49.6 Å². The summed E-state index contributed by atoms with van der Waals surface area (Å²) in [4.78, 5) is 29.3. The quantitative estimate of drug-likeness (QED) is 0.872. The normalized spacial score (nSPS) is 26.4. The zero-order chi connectivity index (χ0) is 18.9. The van der Waals surface area contributed by atoms with Gasteiger partial charge in [-0.1, -0.05) is 12.1 Å². The maximum Gasteiger partial charge on any atom is 0.270 e.